The van der Waals surface area contributed by atoms with Gasteiger partial charge in [-0.2, -0.15) is 0 Å². The van der Waals surface area contributed by atoms with E-state index in [4.69, 9.17) is 9.84 Å². The third-order valence-electron chi connectivity index (χ3n) is 1.54. The number of aliphatic hydroxyl groups is 1. The molecular weight excluding hydrogens is 140 g/mol. The SMILES string of the molecule is C=CCCC(CC)OC(C)O. The molecule has 0 amide bonds. The van der Waals surface area contributed by atoms with Crippen molar-refractivity contribution in [3.63, 3.8) is 0 Å². The Balaban J connectivity index is 3.48. The summed E-state index contributed by atoms with van der Waals surface area (Å²) in [6.07, 6.45) is 4.24. The number of allylic oxidation sites excluding steroid dienone is 1. The molecule has 0 saturated carbocycles. The van der Waals surface area contributed by atoms with Gasteiger partial charge in [-0.1, -0.05) is 13.0 Å². The van der Waals surface area contributed by atoms with Crippen LogP contribution in [0.3, 0.4) is 0 Å². The summed E-state index contributed by atoms with van der Waals surface area (Å²) in [5.41, 5.74) is 0. The summed E-state index contributed by atoms with van der Waals surface area (Å²) in [5.74, 6) is 0. The van der Waals surface area contributed by atoms with Crippen molar-refractivity contribution >= 4 is 0 Å². The van der Waals surface area contributed by atoms with Crippen LogP contribution < -0.4 is 0 Å². The van der Waals surface area contributed by atoms with Crippen LogP contribution in [0, 0.1) is 0 Å². The zero-order valence-electron chi connectivity index (χ0n) is 7.42. The van der Waals surface area contributed by atoms with Crippen LogP contribution in [0.4, 0.5) is 0 Å². The lowest BCUT2D eigenvalue weighted by molar-refractivity contribution is -0.126. The van der Waals surface area contributed by atoms with Crippen molar-refractivity contribution in [3.05, 3.63) is 12.7 Å². The minimum Gasteiger partial charge on any atom is -0.368 e. The highest BCUT2D eigenvalue weighted by atomic mass is 16.6. The van der Waals surface area contributed by atoms with E-state index in [1.165, 1.54) is 0 Å². The van der Waals surface area contributed by atoms with Crippen molar-refractivity contribution in [3.8, 4) is 0 Å². The summed E-state index contributed by atoms with van der Waals surface area (Å²) < 4.78 is 5.21. The Kier molecular flexibility index (Phi) is 6.18. The van der Waals surface area contributed by atoms with Crippen LogP contribution >= 0.6 is 0 Å². The van der Waals surface area contributed by atoms with Gasteiger partial charge in [0.25, 0.3) is 0 Å². The van der Waals surface area contributed by atoms with Gasteiger partial charge >= 0.3 is 0 Å². The molecule has 66 valence electrons. The van der Waals surface area contributed by atoms with E-state index in [1.807, 2.05) is 6.08 Å². The van der Waals surface area contributed by atoms with Crippen LogP contribution in [0.1, 0.15) is 33.1 Å². The Hall–Kier alpha value is -0.340. The topological polar surface area (TPSA) is 29.5 Å². The van der Waals surface area contributed by atoms with E-state index >= 15 is 0 Å². The van der Waals surface area contributed by atoms with Gasteiger partial charge in [-0.25, -0.2) is 0 Å². The van der Waals surface area contributed by atoms with E-state index in [1.54, 1.807) is 6.92 Å². The largest absolute Gasteiger partial charge is 0.368 e. The average molecular weight is 158 g/mol. The maximum absolute atomic E-state index is 8.91. The molecule has 0 aliphatic heterocycles. The second-order valence-electron chi connectivity index (χ2n) is 2.63. The van der Waals surface area contributed by atoms with Crippen molar-refractivity contribution in [2.24, 2.45) is 0 Å². The Morgan fingerprint density at radius 1 is 1.64 bits per heavy atom. The molecule has 2 heteroatoms. The van der Waals surface area contributed by atoms with Gasteiger partial charge in [0.2, 0.25) is 0 Å². The summed E-state index contributed by atoms with van der Waals surface area (Å²) in [5, 5.41) is 8.91. The van der Waals surface area contributed by atoms with E-state index in [9.17, 15) is 0 Å². The quantitative estimate of drug-likeness (QED) is 0.473. The highest BCUT2D eigenvalue weighted by Crippen LogP contribution is 2.08. The van der Waals surface area contributed by atoms with Crippen LogP contribution in [0.2, 0.25) is 0 Å². The third-order valence-corrected chi connectivity index (χ3v) is 1.54. The number of rotatable bonds is 6. The van der Waals surface area contributed by atoms with Gasteiger partial charge in [0.1, 0.15) is 0 Å². The Morgan fingerprint density at radius 2 is 2.27 bits per heavy atom. The molecule has 0 rings (SSSR count). The highest BCUT2D eigenvalue weighted by Gasteiger charge is 2.07. The van der Waals surface area contributed by atoms with Gasteiger partial charge in [-0.15, -0.1) is 6.58 Å². The van der Waals surface area contributed by atoms with Crippen LogP contribution in [0.25, 0.3) is 0 Å². The first kappa shape index (κ1) is 10.7. The summed E-state index contributed by atoms with van der Waals surface area (Å²) in [6.45, 7) is 7.32. The Bertz CT molecular complexity index is 99.7. The van der Waals surface area contributed by atoms with E-state index in [-0.39, 0.29) is 6.10 Å². The molecule has 0 bridgehead atoms. The highest BCUT2D eigenvalue weighted by molar-refractivity contribution is 4.69. The number of ether oxygens (including phenoxy) is 1. The fraction of sp³-hybridized carbons (Fsp3) is 0.778. The van der Waals surface area contributed by atoms with Crippen LogP contribution in [0.5, 0.6) is 0 Å². The lowest BCUT2D eigenvalue weighted by atomic mass is 10.1. The lowest BCUT2D eigenvalue weighted by Gasteiger charge is -2.16. The first-order chi connectivity index (χ1) is 5.20. The van der Waals surface area contributed by atoms with Crippen LogP contribution in [-0.4, -0.2) is 17.5 Å². The zero-order chi connectivity index (χ0) is 8.69. The van der Waals surface area contributed by atoms with Crippen molar-refractivity contribution in [2.45, 2.75) is 45.5 Å². The van der Waals surface area contributed by atoms with E-state index < -0.39 is 6.29 Å². The van der Waals surface area contributed by atoms with Crippen molar-refractivity contribution in [1.82, 2.24) is 0 Å². The van der Waals surface area contributed by atoms with Crippen molar-refractivity contribution < 1.29 is 9.84 Å². The fourth-order valence-corrected chi connectivity index (χ4v) is 0.951. The zero-order valence-corrected chi connectivity index (χ0v) is 7.42. The molecule has 0 aromatic carbocycles. The number of hydrogen-bond donors (Lipinski definition) is 1. The lowest BCUT2D eigenvalue weighted by Crippen LogP contribution is -2.18. The molecule has 0 radical (unpaired) electrons. The first-order valence-electron chi connectivity index (χ1n) is 4.15. The standard InChI is InChI=1S/C9H18O2/c1-4-6-7-9(5-2)11-8(3)10/h4,8-10H,1,5-7H2,2-3H3. The molecule has 0 aliphatic rings. The van der Waals surface area contributed by atoms with E-state index in [0.717, 1.165) is 19.3 Å². The van der Waals surface area contributed by atoms with Gasteiger partial charge in [0.05, 0.1) is 6.10 Å². The Labute approximate surface area is 68.9 Å². The van der Waals surface area contributed by atoms with Crippen LogP contribution in [0.15, 0.2) is 12.7 Å². The predicted octanol–water partition coefficient (Wildman–Crippen LogP) is 2.09. The van der Waals surface area contributed by atoms with Gasteiger partial charge < -0.3 is 9.84 Å². The normalized spacial score (nSPS) is 15.9. The molecule has 11 heavy (non-hydrogen) atoms. The number of hydrogen-bond acceptors (Lipinski definition) is 2. The van der Waals surface area contributed by atoms with Gasteiger partial charge in [-0.05, 0) is 26.2 Å². The van der Waals surface area contributed by atoms with Gasteiger partial charge in [0.15, 0.2) is 6.29 Å². The van der Waals surface area contributed by atoms with E-state index in [2.05, 4.69) is 13.5 Å². The monoisotopic (exact) mass is 158 g/mol. The van der Waals surface area contributed by atoms with Gasteiger partial charge in [-0.3, -0.25) is 0 Å². The fourth-order valence-electron chi connectivity index (χ4n) is 0.951. The number of aliphatic hydroxyl groups excluding tert-OH is 1. The average Bonchev–Trinajstić information content (AvgIpc) is 1.97. The molecule has 2 atom stereocenters. The summed E-state index contributed by atoms with van der Waals surface area (Å²) >= 11 is 0. The molecule has 1 N–H and O–H groups in total. The first-order valence-corrected chi connectivity index (χ1v) is 4.15. The van der Waals surface area contributed by atoms with E-state index in [0.29, 0.717) is 0 Å². The second-order valence-corrected chi connectivity index (χ2v) is 2.63. The molecule has 0 aliphatic carbocycles. The van der Waals surface area contributed by atoms with Gasteiger partial charge in [0, 0.05) is 0 Å². The maximum Gasteiger partial charge on any atom is 0.152 e. The maximum atomic E-state index is 8.91. The molecule has 0 saturated heterocycles. The molecular formula is C9H18O2. The summed E-state index contributed by atoms with van der Waals surface area (Å²) in [7, 11) is 0. The molecule has 2 unspecified atom stereocenters. The molecule has 2 nitrogen and oxygen atoms in total. The summed E-state index contributed by atoms with van der Waals surface area (Å²) in [6, 6.07) is 0. The molecule has 0 aromatic rings. The Morgan fingerprint density at radius 3 is 2.64 bits per heavy atom. The molecule has 0 aromatic heterocycles. The second kappa shape index (κ2) is 6.38. The minimum absolute atomic E-state index is 0.174. The minimum atomic E-state index is -0.648. The molecule has 0 fully saturated rings. The molecule has 0 spiro atoms. The summed E-state index contributed by atoms with van der Waals surface area (Å²) in [4.78, 5) is 0. The van der Waals surface area contributed by atoms with Crippen LogP contribution in [-0.2, 0) is 4.74 Å². The molecule has 0 heterocycles. The van der Waals surface area contributed by atoms with Crippen molar-refractivity contribution in [1.29, 1.82) is 0 Å². The smallest absolute Gasteiger partial charge is 0.152 e. The van der Waals surface area contributed by atoms with Crippen molar-refractivity contribution in [2.75, 3.05) is 0 Å². The predicted molar refractivity (Wildman–Crippen MR) is 46.3 cm³/mol. The third kappa shape index (κ3) is 6.07.